The third-order valence-corrected chi connectivity index (χ3v) is 7.45. The third-order valence-electron chi connectivity index (χ3n) is 5.44. The van der Waals surface area contributed by atoms with Crippen LogP contribution in [0.3, 0.4) is 0 Å². The van der Waals surface area contributed by atoms with Gasteiger partial charge in [0.05, 0.1) is 10.4 Å². The Morgan fingerprint density at radius 3 is 2.53 bits per heavy atom. The molecule has 0 saturated carbocycles. The zero-order valence-electron chi connectivity index (χ0n) is 18.6. The SMILES string of the molecule is Cc1ccc(Sc2cnc(Nc3ccccn3)s2)cc1C(=O)N1CCN(c2ncccn2)CC1. The minimum atomic E-state index is 0.0652. The van der Waals surface area contributed by atoms with Crippen LogP contribution in [0.15, 0.2) is 76.4 Å². The molecule has 1 saturated heterocycles. The molecule has 4 aromatic rings. The summed E-state index contributed by atoms with van der Waals surface area (Å²) in [5, 5.41) is 4.00. The molecule has 0 bridgehead atoms. The van der Waals surface area contributed by atoms with Crippen LogP contribution in [0, 0.1) is 6.92 Å². The summed E-state index contributed by atoms with van der Waals surface area (Å²) in [5.41, 5.74) is 1.72. The van der Waals surface area contributed by atoms with Gasteiger partial charge in [-0.15, -0.1) is 0 Å². The monoisotopic (exact) mass is 489 g/mol. The van der Waals surface area contributed by atoms with Crippen LogP contribution >= 0.6 is 23.1 Å². The molecule has 10 heteroatoms. The van der Waals surface area contributed by atoms with E-state index < -0.39 is 0 Å². The lowest BCUT2D eigenvalue weighted by Crippen LogP contribution is -2.49. The first-order chi connectivity index (χ1) is 16.7. The number of carbonyl (C=O) groups is 1. The Bertz CT molecular complexity index is 1260. The van der Waals surface area contributed by atoms with E-state index in [1.165, 1.54) is 0 Å². The number of thiazole rings is 1. The number of amides is 1. The quantitative estimate of drug-likeness (QED) is 0.424. The average Bonchev–Trinajstić information content (AvgIpc) is 3.32. The fourth-order valence-corrected chi connectivity index (χ4v) is 5.56. The highest BCUT2D eigenvalue weighted by molar-refractivity contribution is 8.01. The summed E-state index contributed by atoms with van der Waals surface area (Å²) in [7, 11) is 0. The maximum atomic E-state index is 13.3. The molecule has 1 fully saturated rings. The van der Waals surface area contributed by atoms with Crippen LogP contribution < -0.4 is 10.2 Å². The molecule has 0 spiro atoms. The molecule has 1 aliphatic rings. The number of hydrogen-bond donors (Lipinski definition) is 1. The summed E-state index contributed by atoms with van der Waals surface area (Å²) in [6.45, 7) is 4.71. The van der Waals surface area contributed by atoms with Gasteiger partial charge in [0.25, 0.3) is 5.91 Å². The number of hydrogen-bond acceptors (Lipinski definition) is 9. The standard InChI is InChI=1S/C24H23N7OS2/c1-17-6-7-18(33-21-16-28-24(34-21)29-20-5-2-3-8-25-20)15-19(17)22(32)30-11-13-31(14-12-30)23-26-9-4-10-27-23/h2-10,15-16H,11-14H2,1H3,(H,25,28,29). The Kier molecular flexibility index (Phi) is 6.68. The van der Waals surface area contributed by atoms with Crippen molar-refractivity contribution < 1.29 is 4.79 Å². The molecule has 0 radical (unpaired) electrons. The number of carbonyl (C=O) groups excluding carboxylic acids is 1. The maximum absolute atomic E-state index is 13.3. The number of nitrogens with one attached hydrogen (secondary N) is 1. The normalized spacial score (nSPS) is 13.7. The second kappa shape index (κ2) is 10.2. The van der Waals surface area contributed by atoms with Crippen LogP contribution in [0.25, 0.3) is 0 Å². The molecule has 34 heavy (non-hydrogen) atoms. The van der Waals surface area contributed by atoms with Gasteiger partial charge in [-0.25, -0.2) is 19.9 Å². The van der Waals surface area contributed by atoms with Gasteiger partial charge in [-0.2, -0.15) is 0 Å². The number of pyridine rings is 1. The fourth-order valence-electron chi connectivity index (χ4n) is 3.66. The Balaban J connectivity index is 1.24. The number of anilines is 3. The van der Waals surface area contributed by atoms with Crippen molar-refractivity contribution in [2.75, 3.05) is 36.4 Å². The molecule has 4 heterocycles. The molecular weight excluding hydrogens is 466 g/mol. The summed E-state index contributed by atoms with van der Waals surface area (Å²) >= 11 is 3.16. The van der Waals surface area contributed by atoms with Gasteiger partial charge in [0.15, 0.2) is 5.13 Å². The van der Waals surface area contributed by atoms with Crippen LogP contribution in [0.1, 0.15) is 15.9 Å². The van der Waals surface area contributed by atoms with E-state index in [2.05, 4.69) is 30.2 Å². The van der Waals surface area contributed by atoms with E-state index in [1.807, 2.05) is 54.4 Å². The van der Waals surface area contributed by atoms with Gasteiger partial charge in [-0.1, -0.05) is 35.2 Å². The number of piperazine rings is 1. The van der Waals surface area contributed by atoms with Gasteiger partial charge < -0.3 is 15.1 Å². The summed E-state index contributed by atoms with van der Waals surface area (Å²) < 4.78 is 1.04. The van der Waals surface area contributed by atoms with Gasteiger partial charge in [-0.05, 0) is 42.8 Å². The number of nitrogens with zero attached hydrogens (tertiary/aromatic N) is 6. The number of benzene rings is 1. The molecule has 5 rings (SSSR count). The minimum absolute atomic E-state index is 0.0652. The van der Waals surface area contributed by atoms with Crippen molar-refractivity contribution in [1.29, 1.82) is 0 Å². The van der Waals surface area contributed by atoms with Gasteiger partial charge in [0.2, 0.25) is 5.95 Å². The minimum Gasteiger partial charge on any atom is -0.337 e. The van der Waals surface area contributed by atoms with E-state index >= 15 is 0 Å². The Morgan fingerprint density at radius 1 is 0.971 bits per heavy atom. The van der Waals surface area contributed by atoms with Gasteiger partial charge in [0, 0.05) is 55.2 Å². The summed E-state index contributed by atoms with van der Waals surface area (Å²) in [4.78, 5) is 35.7. The molecule has 1 amide bonds. The van der Waals surface area contributed by atoms with Crippen molar-refractivity contribution in [2.45, 2.75) is 16.0 Å². The maximum Gasteiger partial charge on any atom is 0.254 e. The van der Waals surface area contributed by atoms with Gasteiger partial charge >= 0.3 is 0 Å². The van der Waals surface area contributed by atoms with E-state index in [0.717, 1.165) is 44.3 Å². The Hall–Kier alpha value is -3.50. The lowest BCUT2D eigenvalue weighted by Gasteiger charge is -2.35. The molecule has 0 unspecified atom stereocenters. The molecule has 1 aliphatic heterocycles. The smallest absolute Gasteiger partial charge is 0.254 e. The fraction of sp³-hybridized carbons (Fsp3) is 0.208. The second-order valence-electron chi connectivity index (χ2n) is 7.73. The molecule has 3 aromatic heterocycles. The van der Waals surface area contributed by atoms with Crippen LogP contribution in [-0.2, 0) is 0 Å². The summed E-state index contributed by atoms with van der Waals surface area (Å²) in [6.07, 6.45) is 7.07. The Morgan fingerprint density at radius 2 is 1.76 bits per heavy atom. The van der Waals surface area contributed by atoms with Crippen LogP contribution in [-0.4, -0.2) is 56.9 Å². The molecule has 0 atom stereocenters. The lowest BCUT2D eigenvalue weighted by atomic mass is 10.1. The average molecular weight is 490 g/mol. The Labute approximate surface area is 206 Å². The topological polar surface area (TPSA) is 87.1 Å². The van der Waals surface area contributed by atoms with Crippen molar-refractivity contribution in [1.82, 2.24) is 24.8 Å². The predicted molar refractivity (Wildman–Crippen MR) is 135 cm³/mol. The lowest BCUT2D eigenvalue weighted by molar-refractivity contribution is 0.0745. The molecule has 1 aromatic carbocycles. The molecule has 0 aliphatic carbocycles. The first kappa shape index (κ1) is 22.3. The van der Waals surface area contributed by atoms with Crippen molar-refractivity contribution >= 4 is 45.9 Å². The summed E-state index contributed by atoms with van der Waals surface area (Å²) in [5.74, 6) is 1.54. The van der Waals surface area contributed by atoms with Crippen molar-refractivity contribution in [2.24, 2.45) is 0 Å². The molecule has 172 valence electrons. The van der Waals surface area contributed by atoms with E-state index in [1.54, 1.807) is 47.8 Å². The predicted octanol–water partition coefficient (Wildman–Crippen LogP) is 4.49. The molecular formula is C24H23N7OS2. The van der Waals surface area contributed by atoms with E-state index in [9.17, 15) is 4.79 Å². The molecule has 1 N–H and O–H groups in total. The van der Waals surface area contributed by atoms with Crippen LogP contribution in [0.2, 0.25) is 0 Å². The van der Waals surface area contributed by atoms with E-state index in [0.29, 0.717) is 19.0 Å². The first-order valence-electron chi connectivity index (χ1n) is 10.9. The number of rotatable bonds is 6. The van der Waals surface area contributed by atoms with E-state index in [4.69, 9.17) is 0 Å². The zero-order chi connectivity index (χ0) is 23.3. The van der Waals surface area contributed by atoms with Crippen LogP contribution in [0.4, 0.5) is 16.9 Å². The largest absolute Gasteiger partial charge is 0.337 e. The highest BCUT2D eigenvalue weighted by Crippen LogP contribution is 2.35. The third kappa shape index (κ3) is 5.18. The highest BCUT2D eigenvalue weighted by Gasteiger charge is 2.24. The molecule has 8 nitrogen and oxygen atoms in total. The summed E-state index contributed by atoms with van der Waals surface area (Å²) in [6, 6.07) is 13.6. The van der Waals surface area contributed by atoms with E-state index in [-0.39, 0.29) is 5.91 Å². The van der Waals surface area contributed by atoms with Gasteiger partial charge in [-0.3, -0.25) is 4.79 Å². The number of aromatic nitrogens is 4. The number of aryl methyl sites for hydroxylation is 1. The van der Waals surface area contributed by atoms with Crippen molar-refractivity contribution in [3.63, 3.8) is 0 Å². The second-order valence-corrected chi connectivity index (χ2v) is 10.1. The van der Waals surface area contributed by atoms with Crippen molar-refractivity contribution in [3.05, 3.63) is 78.4 Å². The van der Waals surface area contributed by atoms with Crippen molar-refractivity contribution in [3.8, 4) is 0 Å². The zero-order valence-corrected chi connectivity index (χ0v) is 20.2. The first-order valence-corrected chi connectivity index (χ1v) is 12.5. The van der Waals surface area contributed by atoms with Gasteiger partial charge in [0.1, 0.15) is 5.82 Å². The van der Waals surface area contributed by atoms with Crippen LogP contribution in [0.5, 0.6) is 0 Å². The highest BCUT2D eigenvalue weighted by atomic mass is 32.2.